The maximum atomic E-state index is 11.5. The number of hydrogen-bond donors (Lipinski definition) is 2. The molecule has 1 aliphatic rings. The monoisotopic (exact) mass is 238 g/mol. The van der Waals surface area contributed by atoms with Crippen LogP contribution in [-0.4, -0.2) is 13.0 Å². The zero-order valence-corrected chi connectivity index (χ0v) is 10.4. The Bertz CT molecular complexity index is 380. The van der Waals surface area contributed by atoms with Crippen molar-refractivity contribution < 1.29 is 4.79 Å². The summed E-state index contributed by atoms with van der Waals surface area (Å²) in [5.41, 5.74) is 6.53. The molecule has 0 radical (unpaired) electrons. The van der Waals surface area contributed by atoms with Gasteiger partial charge in [-0.15, -0.1) is 11.3 Å². The first-order chi connectivity index (χ1) is 7.72. The van der Waals surface area contributed by atoms with E-state index in [1.165, 1.54) is 37.0 Å². The lowest BCUT2D eigenvalue weighted by Gasteiger charge is -2.19. The standard InChI is InChI=1S/C12H18N2OS/c1-14-12(15)9-7-10(16-11(9)13)8-5-3-2-4-6-8/h7-8H,2-6,13H2,1H3,(H,14,15). The van der Waals surface area contributed by atoms with Gasteiger partial charge in [0.25, 0.3) is 5.91 Å². The van der Waals surface area contributed by atoms with Crippen molar-refractivity contribution in [3.8, 4) is 0 Å². The van der Waals surface area contributed by atoms with E-state index in [0.717, 1.165) is 0 Å². The van der Waals surface area contributed by atoms with Crippen LogP contribution in [0.25, 0.3) is 0 Å². The molecule has 0 aromatic carbocycles. The molecular formula is C12H18N2OS. The van der Waals surface area contributed by atoms with Gasteiger partial charge < -0.3 is 11.1 Å². The molecule has 2 rings (SSSR count). The maximum Gasteiger partial charge on any atom is 0.254 e. The van der Waals surface area contributed by atoms with Gasteiger partial charge in [0.15, 0.2) is 0 Å². The van der Waals surface area contributed by atoms with Gasteiger partial charge in [-0.1, -0.05) is 19.3 Å². The predicted octanol–water partition coefficient (Wildman–Crippen LogP) is 2.74. The Morgan fingerprint density at radius 2 is 2.12 bits per heavy atom. The van der Waals surface area contributed by atoms with E-state index in [4.69, 9.17) is 5.73 Å². The van der Waals surface area contributed by atoms with Crippen molar-refractivity contribution in [1.29, 1.82) is 0 Å². The fourth-order valence-electron chi connectivity index (χ4n) is 2.33. The maximum absolute atomic E-state index is 11.5. The molecule has 0 atom stereocenters. The number of carbonyl (C=O) groups excluding carboxylic acids is 1. The van der Waals surface area contributed by atoms with Crippen molar-refractivity contribution in [1.82, 2.24) is 5.32 Å². The molecule has 1 aliphatic carbocycles. The lowest BCUT2D eigenvalue weighted by Crippen LogP contribution is -2.18. The second-order valence-corrected chi connectivity index (χ2v) is 5.46. The zero-order chi connectivity index (χ0) is 11.5. The Morgan fingerprint density at radius 3 is 2.75 bits per heavy atom. The van der Waals surface area contributed by atoms with E-state index >= 15 is 0 Å². The third kappa shape index (κ3) is 2.21. The Hall–Kier alpha value is -1.03. The van der Waals surface area contributed by atoms with Crippen LogP contribution < -0.4 is 11.1 Å². The van der Waals surface area contributed by atoms with Gasteiger partial charge in [-0.3, -0.25) is 4.79 Å². The molecule has 1 amide bonds. The number of nitrogens with two attached hydrogens (primary N) is 1. The number of nitrogens with one attached hydrogen (secondary N) is 1. The number of hydrogen-bond acceptors (Lipinski definition) is 3. The average Bonchev–Trinajstić information content (AvgIpc) is 2.71. The first-order valence-corrected chi connectivity index (χ1v) is 6.65. The third-order valence-corrected chi connectivity index (χ3v) is 4.39. The van der Waals surface area contributed by atoms with Crippen LogP contribution in [0.4, 0.5) is 5.00 Å². The van der Waals surface area contributed by atoms with Gasteiger partial charge in [-0.05, 0) is 24.8 Å². The molecule has 0 aliphatic heterocycles. The van der Waals surface area contributed by atoms with Gasteiger partial charge in [0.1, 0.15) is 0 Å². The van der Waals surface area contributed by atoms with Gasteiger partial charge in [0.05, 0.1) is 10.6 Å². The summed E-state index contributed by atoms with van der Waals surface area (Å²) in [6.45, 7) is 0. The van der Waals surface area contributed by atoms with E-state index in [1.54, 1.807) is 18.4 Å². The van der Waals surface area contributed by atoms with E-state index in [2.05, 4.69) is 5.32 Å². The first kappa shape index (κ1) is 11.5. The van der Waals surface area contributed by atoms with Crippen molar-refractivity contribution in [2.45, 2.75) is 38.0 Å². The van der Waals surface area contributed by atoms with E-state index in [0.29, 0.717) is 16.5 Å². The lowest BCUT2D eigenvalue weighted by atomic mass is 9.88. The second kappa shape index (κ2) is 4.87. The van der Waals surface area contributed by atoms with Gasteiger partial charge in [-0.25, -0.2) is 0 Å². The number of carbonyl (C=O) groups is 1. The lowest BCUT2D eigenvalue weighted by molar-refractivity contribution is 0.0964. The highest BCUT2D eigenvalue weighted by Gasteiger charge is 2.20. The SMILES string of the molecule is CNC(=O)c1cc(C2CCCCC2)sc1N. The molecule has 0 saturated heterocycles. The van der Waals surface area contributed by atoms with Crippen LogP contribution in [0.1, 0.15) is 53.3 Å². The summed E-state index contributed by atoms with van der Waals surface area (Å²) >= 11 is 1.58. The highest BCUT2D eigenvalue weighted by molar-refractivity contribution is 7.16. The molecule has 1 fully saturated rings. The second-order valence-electron chi connectivity index (χ2n) is 4.34. The molecule has 16 heavy (non-hydrogen) atoms. The molecule has 3 N–H and O–H groups in total. The van der Waals surface area contributed by atoms with Crippen LogP contribution in [0, 0.1) is 0 Å². The minimum absolute atomic E-state index is 0.0733. The number of thiophene rings is 1. The van der Waals surface area contributed by atoms with E-state index in [-0.39, 0.29) is 5.91 Å². The number of rotatable bonds is 2. The van der Waals surface area contributed by atoms with Crippen molar-refractivity contribution >= 4 is 22.2 Å². The van der Waals surface area contributed by atoms with Crippen LogP contribution in [0.3, 0.4) is 0 Å². The van der Waals surface area contributed by atoms with Gasteiger partial charge in [0.2, 0.25) is 0 Å². The third-order valence-electron chi connectivity index (χ3n) is 3.26. The minimum atomic E-state index is -0.0733. The van der Waals surface area contributed by atoms with Crippen LogP contribution in [0.5, 0.6) is 0 Å². The molecule has 0 bridgehead atoms. The molecule has 1 aromatic heterocycles. The normalized spacial score (nSPS) is 17.3. The fourth-order valence-corrected chi connectivity index (χ4v) is 3.42. The topological polar surface area (TPSA) is 55.1 Å². The average molecular weight is 238 g/mol. The molecule has 1 saturated carbocycles. The number of nitrogen functional groups attached to an aromatic ring is 1. The summed E-state index contributed by atoms with van der Waals surface area (Å²) in [5, 5.41) is 3.28. The van der Waals surface area contributed by atoms with Crippen LogP contribution in [0.15, 0.2) is 6.07 Å². The molecule has 88 valence electrons. The van der Waals surface area contributed by atoms with Crippen LogP contribution in [0.2, 0.25) is 0 Å². The summed E-state index contributed by atoms with van der Waals surface area (Å²) in [7, 11) is 1.64. The largest absolute Gasteiger partial charge is 0.390 e. The summed E-state index contributed by atoms with van der Waals surface area (Å²) in [6, 6.07) is 1.98. The molecule has 1 aromatic rings. The molecule has 0 spiro atoms. The Kier molecular flexibility index (Phi) is 3.49. The van der Waals surface area contributed by atoms with Crippen LogP contribution >= 0.6 is 11.3 Å². The van der Waals surface area contributed by atoms with Gasteiger partial charge >= 0.3 is 0 Å². The fraction of sp³-hybridized carbons (Fsp3) is 0.583. The Balaban J connectivity index is 2.19. The summed E-state index contributed by atoms with van der Waals surface area (Å²) in [4.78, 5) is 12.8. The smallest absolute Gasteiger partial charge is 0.254 e. The van der Waals surface area contributed by atoms with Crippen LogP contribution in [-0.2, 0) is 0 Å². The highest BCUT2D eigenvalue weighted by Crippen LogP contribution is 2.38. The molecule has 4 heteroatoms. The summed E-state index contributed by atoms with van der Waals surface area (Å²) in [6.07, 6.45) is 6.44. The van der Waals surface area contributed by atoms with Crippen molar-refractivity contribution in [2.75, 3.05) is 12.8 Å². The molecule has 1 heterocycles. The minimum Gasteiger partial charge on any atom is -0.390 e. The summed E-state index contributed by atoms with van der Waals surface area (Å²) < 4.78 is 0. The molecule has 0 unspecified atom stereocenters. The summed E-state index contributed by atoms with van der Waals surface area (Å²) in [5.74, 6) is 0.551. The Labute approximate surface area is 100 Å². The Morgan fingerprint density at radius 1 is 1.44 bits per heavy atom. The zero-order valence-electron chi connectivity index (χ0n) is 9.58. The van der Waals surface area contributed by atoms with E-state index in [1.807, 2.05) is 6.07 Å². The van der Waals surface area contributed by atoms with Crippen molar-refractivity contribution in [3.63, 3.8) is 0 Å². The van der Waals surface area contributed by atoms with E-state index in [9.17, 15) is 4.79 Å². The highest BCUT2D eigenvalue weighted by atomic mass is 32.1. The van der Waals surface area contributed by atoms with Gasteiger partial charge in [-0.2, -0.15) is 0 Å². The van der Waals surface area contributed by atoms with Crippen molar-refractivity contribution in [2.24, 2.45) is 0 Å². The first-order valence-electron chi connectivity index (χ1n) is 5.83. The van der Waals surface area contributed by atoms with Gasteiger partial charge in [0, 0.05) is 11.9 Å². The molecular weight excluding hydrogens is 220 g/mol. The number of anilines is 1. The quantitative estimate of drug-likeness (QED) is 0.832. The molecule has 3 nitrogen and oxygen atoms in total. The van der Waals surface area contributed by atoms with Crippen molar-refractivity contribution in [3.05, 3.63) is 16.5 Å². The van der Waals surface area contributed by atoms with E-state index < -0.39 is 0 Å². The number of amides is 1. The predicted molar refractivity (Wildman–Crippen MR) is 67.9 cm³/mol.